The number of benzene rings is 1. The fraction of sp³-hybridized carbons (Fsp3) is 0.455. The van der Waals surface area contributed by atoms with E-state index in [2.05, 4.69) is 0 Å². The Morgan fingerprint density at radius 3 is 2.71 bits per heavy atom. The van der Waals surface area contributed by atoms with Crippen molar-refractivity contribution in [3.63, 3.8) is 0 Å². The molecule has 1 aromatic rings. The Kier molecular flexibility index (Phi) is 5.31. The molecule has 0 aliphatic rings. The molecule has 1 unspecified atom stereocenters. The van der Waals surface area contributed by atoms with Crippen molar-refractivity contribution in [1.82, 2.24) is 0 Å². The van der Waals surface area contributed by atoms with Gasteiger partial charge in [0, 0.05) is 24.1 Å². The minimum absolute atomic E-state index is 0.0925. The molecule has 0 saturated heterocycles. The van der Waals surface area contributed by atoms with Gasteiger partial charge < -0.3 is 4.74 Å². The standard InChI is InChI=1S/C11H14Cl2O/c1-14-7-6-10(12)8-9-4-2-3-5-11(9)13/h2-5,10H,6-8H2,1H3. The van der Waals surface area contributed by atoms with Crippen LogP contribution in [0.4, 0.5) is 0 Å². The van der Waals surface area contributed by atoms with E-state index < -0.39 is 0 Å². The van der Waals surface area contributed by atoms with Crippen LogP contribution in [-0.4, -0.2) is 19.1 Å². The molecule has 0 aliphatic heterocycles. The number of methoxy groups -OCH3 is 1. The number of alkyl halides is 1. The van der Waals surface area contributed by atoms with Gasteiger partial charge in [0.25, 0.3) is 0 Å². The zero-order valence-electron chi connectivity index (χ0n) is 8.17. The Morgan fingerprint density at radius 2 is 2.07 bits per heavy atom. The Labute approximate surface area is 95.0 Å². The summed E-state index contributed by atoms with van der Waals surface area (Å²) in [4.78, 5) is 0. The van der Waals surface area contributed by atoms with Gasteiger partial charge in [0.1, 0.15) is 0 Å². The van der Waals surface area contributed by atoms with Gasteiger partial charge in [-0.3, -0.25) is 0 Å². The summed E-state index contributed by atoms with van der Waals surface area (Å²) in [5.74, 6) is 0. The van der Waals surface area contributed by atoms with Gasteiger partial charge in [-0.1, -0.05) is 29.8 Å². The van der Waals surface area contributed by atoms with Crippen molar-refractivity contribution < 1.29 is 4.74 Å². The number of rotatable bonds is 5. The van der Waals surface area contributed by atoms with Gasteiger partial charge >= 0.3 is 0 Å². The van der Waals surface area contributed by atoms with Crippen molar-refractivity contribution in [2.45, 2.75) is 18.2 Å². The van der Waals surface area contributed by atoms with Crippen LogP contribution in [0.3, 0.4) is 0 Å². The van der Waals surface area contributed by atoms with Crippen molar-refractivity contribution in [3.05, 3.63) is 34.9 Å². The topological polar surface area (TPSA) is 9.23 Å². The lowest BCUT2D eigenvalue weighted by molar-refractivity contribution is 0.194. The summed E-state index contributed by atoms with van der Waals surface area (Å²) in [6.45, 7) is 0.693. The molecular formula is C11H14Cl2O. The molecule has 1 nitrogen and oxygen atoms in total. The summed E-state index contributed by atoms with van der Waals surface area (Å²) in [5.41, 5.74) is 1.10. The normalized spacial score (nSPS) is 12.8. The van der Waals surface area contributed by atoms with Crippen molar-refractivity contribution in [2.24, 2.45) is 0 Å². The zero-order valence-corrected chi connectivity index (χ0v) is 9.68. The molecule has 1 aromatic carbocycles. The van der Waals surface area contributed by atoms with Crippen LogP contribution in [0.1, 0.15) is 12.0 Å². The quantitative estimate of drug-likeness (QED) is 0.707. The van der Waals surface area contributed by atoms with Gasteiger partial charge in [0.2, 0.25) is 0 Å². The van der Waals surface area contributed by atoms with Crippen molar-refractivity contribution in [1.29, 1.82) is 0 Å². The van der Waals surface area contributed by atoms with Crippen LogP contribution in [0, 0.1) is 0 Å². The van der Waals surface area contributed by atoms with E-state index in [0.717, 1.165) is 23.4 Å². The molecule has 14 heavy (non-hydrogen) atoms. The number of hydrogen-bond acceptors (Lipinski definition) is 1. The first-order chi connectivity index (χ1) is 6.74. The maximum absolute atomic E-state index is 6.13. The van der Waals surface area contributed by atoms with E-state index in [0.29, 0.717) is 6.61 Å². The van der Waals surface area contributed by atoms with Gasteiger partial charge in [-0.15, -0.1) is 11.6 Å². The molecule has 0 fully saturated rings. The molecule has 0 amide bonds. The second-order valence-corrected chi connectivity index (χ2v) is 4.20. The number of hydrogen-bond donors (Lipinski definition) is 0. The highest BCUT2D eigenvalue weighted by Gasteiger charge is 2.07. The highest BCUT2D eigenvalue weighted by Crippen LogP contribution is 2.19. The number of halogens is 2. The monoisotopic (exact) mass is 232 g/mol. The Hall–Kier alpha value is -0.240. The minimum atomic E-state index is 0.0925. The third-order valence-electron chi connectivity index (χ3n) is 2.03. The fourth-order valence-electron chi connectivity index (χ4n) is 1.25. The molecule has 0 aliphatic carbocycles. The van der Waals surface area contributed by atoms with Crippen LogP contribution in [0.5, 0.6) is 0 Å². The molecule has 0 spiro atoms. The lowest BCUT2D eigenvalue weighted by Crippen LogP contribution is -2.07. The first-order valence-electron chi connectivity index (χ1n) is 4.60. The molecule has 0 N–H and O–H groups in total. The molecule has 0 heterocycles. The molecule has 1 atom stereocenters. The zero-order chi connectivity index (χ0) is 10.4. The van der Waals surface area contributed by atoms with E-state index in [1.807, 2.05) is 24.3 Å². The highest BCUT2D eigenvalue weighted by molar-refractivity contribution is 6.31. The second kappa shape index (κ2) is 6.28. The van der Waals surface area contributed by atoms with E-state index in [1.54, 1.807) is 7.11 Å². The maximum Gasteiger partial charge on any atom is 0.0476 e. The van der Waals surface area contributed by atoms with Crippen molar-refractivity contribution in [3.8, 4) is 0 Å². The average molecular weight is 233 g/mol. The van der Waals surface area contributed by atoms with Gasteiger partial charge in [-0.2, -0.15) is 0 Å². The molecule has 0 radical (unpaired) electrons. The van der Waals surface area contributed by atoms with E-state index in [-0.39, 0.29) is 5.38 Å². The summed E-state index contributed by atoms with van der Waals surface area (Å²) in [5, 5.41) is 0.880. The van der Waals surface area contributed by atoms with E-state index >= 15 is 0 Å². The summed E-state index contributed by atoms with van der Waals surface area (Å²) < 4.78 is 4.96. The lowest BCUT2D eigenvalue weighted by Gasteiger charge is -2.09. The second-order valence-electron chi connectivity index (χ2n) is 3.17. The van der Waals surface area contributed by atoms with Crippen LogP contribution in [0.15, 0.2) is 24.3 Å². The largest absolute Gasteiger partial charge is 0.385 e. The molecule has 0 bridgehead atoms. The molecular weight excluding hydrogens is 219 g/mol. The summed E-state index contributed by atoms with van der Waals surface area (Å²) in [6, 6.07) is 7.78. The Balaban J connectivity index is 2.47. The van der Waals surface area contributed by atoms with Crippen LogP contribution < -0.4 is 0 Å². The van der Waals surface area contributed by atoms with E-state index in [4.69, 9.17) is 27.9 Å². The average Bonchev–Trinajstić information content (AvgIpc) is 2.18. The van der Waals surface area contributed by atoms with Crippen LogP contribution in [-0.2, 0) is 11.2 Å². The van der Waals surface area contributed by atoms with Crippen LogP contribution in [0.25, 0.3) is 0 Å². The molecule has 0 saturated carbocycles. The van der Waals surface area contributed by atoms with E-state index in [9.17, 15) is 0 Å². The van der Waals surface area contributed by atoms with Crippen LogP contribution in [0.2, 0.25) is 5.02 Å². The minimum Gasteiger partial charge on any atom is -0.385 e. The molecule has 3 heteroatoms. The third-order valence-corrected chi connectivity index (χ3v) is 2.78. The Bertz CT molecular complexity index is 276. The predicted octanol–water partition coefficient (Wildman–Crippen LogP) is 3.53. The molecule has 1 rings (SSSR count). The molecule has 78 valence electrons. The van der Waals surface area contributed by atoms with E-state index in [1.165, 1.54) is 0 Å². The maximum atomic E-state index is 6.13. The van der Waals surface area contributed by atoms with Crippen molar-refractivity contribution >= 4 is 23.2 Å². The van der Waals surface area contributed by atoms with Crippen LogP contribution >= 0.6 is 23.2 Å². The summed E-state index contributed by atoms with van der Waals surface area (Å²) in [6.07, 6.45) is 1.65. The highest BCUT2D eigenvalue weighted by atomic mass is 35.5. The van der Waals surface area contributed by atoms with Crippen molar-refractivity contribution in [2.75, 3.05) is 13.7 Å². The fourth-order valence-corrected chi connectivity index (χ4v) is 1.72. The SMILES string of the molecule is COCCC(Cl)Cc1ccccc1Cl. The van der Waals surface area contributed by atoms with Gasteiger partial charge in [-0.05, 0) is 24.5 Å². The lowest BCUT2D eigenvalue weighted by atomic mass is 10.1. The first kappa shape index (κ1) is 11.8. The van der Waals surface area contributed by atoms with Gasteiger partial charge in [-0.25, -0.2) is 0 Å². The van der Waals surface area contributed by atoms with Gasteiger partial charge in [0.15, 0.2) is 0 Å². The first-order valence-corrected chi connectivity index (χ1v) is 5.42. The summed E-state index contributed by atoms with van der Waals surface area (Å²) >= 11 is 12.1. The predicted molar refractivity (Wildman–Crippen MR) is 61.3 cm³/mol. The summed E-state index contributed by atoms with van der Waals surface area (Å²) in [7, 11) is 1.68. The smallest absolute Gasteiger partial charge is 0.0476 e. The number of ether oxygens (including phenoxy) is 1. The Morgan fingerprint density at radius 1 is 1.36 bits per heavy atom. The third kappa shape index (κ3) is 3.87. The van der Waals surface area contributed by atoms with Gasteiger partial charge in [0.05, 0.1) is 0 Å². The molecule has 0 aromatic heterocycles.